The summed E-state index contributed by atoms with van der Waals surface area (Å²) in [4.78, 5) is 56.9. The molecule has 2 saturated heterocycles. The van der Waals surface area contributed by atoms with E-state index in [1.807, 2.05) is 0 Å². The van der Waals surface area contributed by atoms with Crippen LogP contribution in [-0.2, 0) is 24.7 Å². The van der Waals surface area contributed by atoms with Gasteiger partial charge in [-0.15, -0.1) is 0 Å². The fourth-order valence-corrected chi connectivity index (χ4v) is 7.71. The number of ketones is 1. The minimum Gasteiger partial charge on any atom is -0.460 e. The highest BCUT2D eigenvalue weighted by Gasteiger charge is 2.71. The molecule has 3 aliphatic heterocycles. The molecule has 1 aliphatic carbocycles. The molecular weight excluding hydrogens is 608 g/mol. The molecule has 44 heavy (non-hydrogen) atoms. The molecular formula is C33H28Cl2FN3O5. The molecule has 0 bridgehead atoms. The zero-order chi connectivity index (χ0) is 30.9. The normalized spacial score (nSPS) is 25.7. The third-order valence-corrected chi connectivity index (χ3v) is 9.88. The number of carbonyl (C=O) groups is 4. The van der Waals surface area contributed by atoms with Crippen molar-refractivity contribution in [3.63, 3.8) is 0 Å². The Morgan fingerprint density at radius 3 is 2.52 bits per heavy atom. The zero-order valence-corrected chi connectivity index (χ0v) is 25.2. The Kier molecular flexibility index (Phi) is 7.03. The third kappa shape index (κ3) is 4.28. The van der Waals surface area contributed by atoms with Crippen LogP contribution in [-0.4, -0.2) is 54.2 Å². The Bertz CT molecular complexity index is 1730. The summed E-state index contributed by atoms with van der Waals surface area (Å²) in [5, 5.41) is 3.36. The zero-order valence-electron chi connectivity index (χ0n) is 23.7. The smallest absolute Gasteiger partial charge is 0.379 e. The molecule has 2 amide bonds. The number of carbonyl (C=O) groups excluding carboxylic acids is 4. The average Bonchev–Trinajstić information content (AvgIpc) is 3.63. The maximum Gasteiger partial charge on any atom is 0.379 e. The monoisotopic (exact) mass is 635 g/mol. The molecule has 0 aromatic heterocycles. The number of ether oxygens (including phenoxy) is 1. The Morgan fingerprint density at radius 1 is 1.07 bits per heavy atom. The van der Waals surface area contributed by atoms with Gasteiger partial charge in [0.05, 0.1) is 17.5 Å². The average molecular weight is 637 g/mol. The number of amides is 2. The first-order chi connectivity index (χ1) is 21.2. The first kappa shape index (κ1) is 29.0. The predicted molar refractivity (Wildman–Crippen MR) is 162 cm³/mol. The molecule has 3 heterocycles. The van der Waals surface area contributed by atoms with Crippen molar-refractivity contribution in [2.75, 3.05) is 29.9 Å². The van der Waals surface area contributed by atoms with Crippen LogP contribution in [0.15, 0.2) is 60.7 Å². The molecule has 1 spiro atoms. The molecule has 3 aromatic rings. The molecule has 226 valence electrons. The summed E-state index contributed by atoms with van der Waals surface area (Å²) in [7, 11) is 0. The molecule has 1 N–H and O–H groups in total. The van der Waals surface area contributed by atoms with Crippen LogP contribution in [0.4, 0.5) is 15.8 Å². The number of hydrogen-bond donors (Lipinski definition) is 1. The van der Waals surface area contributed by atoms with E-state index < -0.39 is 41.0 Å². The van der Waals surface area contributed by atoms with Crippen molar-refractivity contribution in [1.29, 1.82) is 0 Å². The van der Waals surface area contributed by atoms with Crippen molar-refractivity contribution in [1.82, 2.24) is 4.90 Å². The van der Waals surface area contributed by atoms with Crippen molar-refractivity contribution < 1.29 is 28.3 Å². The number of halogens is 3. The third-order valence-electron chi connectivity index (χ3n) is 9.35. The molecule has 11 heteroatoms. The number of esters is 1. The van der Waals surface area contributed by atoms with E-state index in [2.05, 4.69) is 10.2 Å². The highest BCUT2D eigenvalue weighted by molar-refractivity contribution is 6.40. The van der Waals surface area contributed by atoms with E-state index in [1.165, 1.54) is 18.2 Å². The van der Waals surface area contributed by atoms with Crippen LogP contribution in [0, 0.1) is 17.7 Å². The van der Waals surface area contributed by atoms with Gasteiger partial charge in [-0.3, -0.25) is 19.3 Å². The molecule has 7 rings (SSSR count). The predicted octanol–water partition coefficient (Wildman–Crippen LogP) is 5.57. The quantitative estimate of drug-likeness (QED) is 0.207. The summed E-state index contributed by atoms with van der Waals surface area (Å²) >= 11 is 12.6. The van der Waals surface area contributed by atoms with Crippen LogP contribution in [0.25, 0.3) is 0 Å². The highest BCUT2D eigenvalue weighted by Crippen LogP contribution is 2.62. The van der Waals surface area contributed by atoms with E-state index in [9.17, 15) is 19.2 Å². The molecule has 4 aliphatic rings. The maximum absolute atomic E-state index is 16.0. The Labute approximate surface area is 263 Å². The van der Waals surface area contributed by atoms with Gasteiger partial charge in [0, 0.05) is 52.6 Å². The summed E-state index contributed by atoms with van der Waals surface area (Å²) in [6.45, 7) is 2.50. The number of fused-ring (bicyclic) bond motifs is 3. The number of hydrogen-bond acceptors (Lipinski definition) is 6. The van der Waals surface area contributed by atoms with Crippen LogP contribution in [0.5, 0.6) is 0 Å². The summed E-state index contributed by atoms with van der Waals surface area (Å²) in [5.74, 6) is -4.30. The molecule has 4 atom stereocenters. The van der Waals surface area contributed by atoms with Crippen LogP contribution in [0.1, 0.15) is 47.2 Å². The molecule has 3 aromatic carbocycles. The number of anilines is 2. The number of nitrogens with zero attached hydrogens (tertiary/aromatic N) is 2. The SMILES string of the molecule is CCOC(=O)C(=O)c1ccc(N2C[C@H]3[C@@H](C2=O)[C@H](c2cccc(Cl)c2F)[C@]2(C(=O)Nc4cc(Cl)ccc42)N3CC2CC2)cc1. The van der Waals surface area contributed by atoms with E-state index in [4.69, 9.17) is 27.9 Å². The van der Waals surface area contributed by atoms with Gasteiger partial charge in [0.1, 0.15) is 11.4 Å². The highest BCUT2D eigenvalue weighted by atomic mass is 35.5. The van der Waals surface area contributed by atoms with Gasteiger partial charge >= 0.3 is 5.97 Å². The second kappa shape index (κ2) is 10.7. The van der Waals surface area contributed by atoms with Crippen molar-refractivity contribution in [3.8, 4) is 0 Å². The van der Waals surface area contributed by atoms with E-state index in [0.717, 1.165) is 12.8 Å². The summed E-state index contributed by atoms with van der Waals surface area (Å²) in [6, 6.07) is 15.7. The number of benzene rings is 3. The van der Waals surface area contributed by atoms with Gasteiger partial charge in [0.25, 0.3) is 5.78 Å². The van der Waals surface area contributed by atoms with Gasteiger partial charge in [-0.05, 0) is 73.7 Å². The molecule has 8 nitrogen and oxygen atoms in total. The number of nitrogens with one attached hydrogen (secondary N) is 1. The van der Waals surface area contributed by atoms with Gasteiger partial charge in [0.2, 0.25) is 11.8 Å². The van der Waals surface area contributed by atoms with Crippen molar-refractivity contribution in [3.05, 3.63) is 93.2 Å². The second-order valence-corrected chi connectivity index (χ2v) is 12.6. The van der Waals surface area contributed by atoms with E-state index in [-0.39, 0.29) is 41.1 Å². The fourth-order valence-electron chi connectivity index (χ4n) is 7.36. The minimum absolute atomic E-state index is 0.0798. The van der Waals surface area contributed by atoms with Gasteiger partial charge in [-0.1, -0.05) is 41.4 Å². The standard InChI is InChI=1S/C33H28Cl2FN3O5/c1-2-44-31(42)29(40)18-8-11-20(12-9-18)38-16-25-26(30(38)41)27(21-4-3-5-23(35)28(21)36)33(39(25)15-17-6-7-17)22-13-10-19(34)14-24(22)37-32(33)43/h3-5,8-14,17,25-27H,2,6-7,15-16H2,1H3,(H,37,43)/t25-,26+,27-,33+/m0/s1. The van der Waals surface area contributed by atoms with Crippen LogP contribution < -0.4 is 10.2 Å². The van der Waals surface area contributed by atoms with Gasteiger partial charge in [-0.25, -0.2) is 9.18 Å². The lowest BCUT2D eigenvalue weighted by Gasteiger charge is -2.41. The first-order valence-corrected chi connectivity index (χ1v) is 15.4. The van der Waals surface area contributed by atoms with Crippen LogP contribution in [0.3, 0.4) is 0 Å². The summed E-state index contributed by atoms with van der Waals surface area (Å²) in [5.41, 5.74) is 0.716. The van der Waals surface area contributed by atoms with Crippen LogP contribution >= 0.6 is 23.2 Å². The number of Topliss-reactive ketones (excluding diaryl/α,β-unsaturated/α-hetero) is 1. The number of rotatable bonds is 7. The fraction of sp³-hybridized carbons (Fsp3) is 0.333. The van der Waals surface area contributed by atoms with Gasteiger partial charge < -0.3 is 15.0 Å². The second-order valence-electron chi connectivity index (χ2n) is 11.8. The van der Waals surface area contributed by atoms with Gasteiger partial charge in [-0.2, -0.15) is 0 Å². The van der Waals surface area contributed by atoms with E-state index in [0.29, 0.717) is 34.4 Å². The Hall–Kier alpha value is -3.79. The molecule has 3 fully saturated rings. The van der Waals surface area contributed by atoms with Crippen LogP contribution in [0.2, 0.25) is 10.0 Å². The molecule has 1 saturated carbocycles. The maximum atomic E-state index is 16.0. The largest absolute Gasteiger partial charge is 0.460 e. The van der Waals surface area contributed by atoms with E-state index >= 15 is 4.39 Å². The van der Waals surface area contributed by atoms with Gasteiger partial charge in [0.15, 0.2) is 0 Å². The molecule has 0 radical (unpaired) electrons. The van der Waals surface area contributed by atoms with E-state index in [1.54, 1.807) is 54.3 Å². The lowest BCUT2D eigenvalue weighted by Crippen LogP contribution is -2.54. The first-order valence-electron chi connectivity index (χ1n) is 14.6. The number of likely N-dealkylation sites (tertiary alicyclic amines) is 1. The summed E-state index contributed by atoms with van der Waals surface area (Å²) in [6.07, 6.45) is 2.01. The lowest BCUT2D eigenvalue weighted by atomic mass is 9.71. The van der Waals surface area contributed by atoms with Crippen molar-refractivity contribution in [2.45, 2.75) is 37.3 Å². The minimum atomic E-state index is -1.36. The Balaban J connectivity index is 1.35. The van der Waals surface area contributed by atoms with Crippen molar-refractivity contribution >= 4 is 58.1 Å². The Morgan fingerprint density at radius 2 is 1.82 bits per heavy atom. The van der Waals surface area contributed by atoms with Crippen molar-refractivity contribution in [2.24, 2.45) is 11.8 Å². The lowest BCUT2D eigenvalue weighted by molar-refractivity contribution is -0.137. The topological polar surface area (TPSA) is 96.0 Å². The summed E-state index contributed by atoms with van der Waals surface area (Å²) < 4.78 is 20.8. The molecule has 0 unspecified atom stereocenters.